The molecule has 3 aromatic rings. The summed E-state index contributed by atoms with van der Waals surface area (Å²) in [4.78, 5) is 8.82. The van der Waals surface area contributed by atoms with Crippen LogP contribution in [0.25, 0.3) is 11.4 Å². The molecule has 2 aromatic carbocycles. The highest BCUT2D eigenvalue weighted by Gasteiger charge is 2.24. The normalized spacial score (nSPS) is 15.8. The third kappa shape index (κ3) is 5.41. The molecule has 6 nitrogen and oxygen atoms in total. The van der Waals surface area contributed by atoms with E-state index in [0.717, 1.165) is 19.5 Å². The Morgan fingerprint density at radius 2 is 2.12 bits per heavy atom. The van der Waals surface area contributed by atoms with E-state index < -0.39 is 5.82 Å². The van der Waals surface area contributed by atoms with Crippen LogP contribution in [0.3, 0.4) is 0 Å². The summed E-state index contributed by atoms with van der Waals surface area (Å²) in [6.45, 7) is 6.31. The van der Waals surface area contributed by atoms with Gasteiger partial charge in [-0.05, 0) is 55.8 Å². The van der Waals surface area contributed by atoms with Crippen molar-refractivity contribution in [2.75, 3.05) is 18.8 Å². The summed E-state index contributed by atoms with van der Waals surface area (Å²) in [6, 6.07) is 8.80. The maximum absolute atomic E-state index is 14.7. The molecule has 0 radical (unpaired) electrons. The first kappa shape index (κ1) is 24.2. The predicted octanol–water partition coefficient (Wildman–Crippen LogP) is 5.01. The molecule has 0 unspecified atom stereocenters. The third-order valence-electron chi connectivity index (χ3n) is 5.66. The highest BCUT2D eigenvalue weighted by molar-refractivity contribution is 6.33. The molecule has 1 aromatic heterocycles. The first-order chi connectivity index (χ1) is 16.3. The monoisotopic (exact) mass is 504 g/mol. The summed E-state index contributed by atoms with van der Waals surface area (Å²) in [6.07, 6.45) is 2.42. The SMILES string of the molecule is C=C(N=Cc1nc(-c2c(F)cccc2Cl)n(C[C@H]2CCNC2)c1N)NCc1cc(Cl)ccc1F. The van der Waals surface area contributed by atoms with Gasteiger partial charge in [0, 0.05) is 23.7 Å². The number of nitrogens with zero attached hydrogens (tertiary/aromatic N) is 3. The number of aliphatic imine (C=N–C) groups is 1. The van der Waals surface area contributed by atoms with Gasteiger partial charge in [0.2, 0.25) is 0 Å². The van der Waals surface area contributed by atoms with Crippen molar-refractivity contribution in [3.8, 4) is 11.4 Å². The number of aromatic nitrogens is 2. The van der Waals surface area contributed by atoms with E-state index in [9.17, 15) is 8.78 Å². The number of benzene rings is 2. The topological polar surface area (TPSA) is 80.3 Å². The largest absolute Gasteiger partial charge is 0.383 e. The van der Waals surface area contributed by atoms with Crippen LogP contribution in [0.2, 0.25) is 10.0 Å². The molecule has 178 valence electrons. The van der Waals surface area contributed by atoms with Gasteiger partial charge in [-0.25, -0.2) is 18.8 Å². The van der Waals surface area contributed by atoms with Gasteiger partial charge in [-0.15, -0.1) is 0 Å². The second-order valence-electron chi connectivity index (χ2n) is 8.07. The molecule has 1 saturated heterocycles. The molecule has 1 fully saturated rings. The summed E-state index contributed by atoms with van der Waals surface area (Å²) in [5.41, 5.74) is 7.35. The summed E-state index contributed by atoms with van der Waals surface area (Å²) in [5, 5.41) is 6.93. The summed E-state index contributed by atoms with van der Waals surface area (Å²) >= 11 is 12.3. The zero-order valence-electron chi connectivity index (χ0n) is 18.3. The van der Waals surface area contributed by atoms with Gasteiger partial charge in [-0.1, -0.05) is 35.8 Å². The van der Waals surface area contributed by atoms with Crippen LogP contribution in [0.4, 0.5) is 14.6 Å². The summed E-state index contributed by atoms with van der Waals surface area (Å²) < 4.78 is 30.4. The fraction of sp³-hybridized carbons (Fsp3) is 0.250. The lowest BCUT2D eigenvalue weighted by atomic mass is 10.1. The van der Waals surface area contributed by atoms with Gasteiger partial charge in [0.25, 0.3) is 0 Å². The maximum atomic E-state index is 14.7. The molecule has 1 aliphatic heterocycles. The van der Waals surface area contributed by atoms with E-state index in [1.165, 1.54) is 30.5 Å². The van der Waals surface area contributed by atoms with E-state index in [2.05, 4.69) is 27.2 Å². The molecular weight excluding hydrogens is 481 g/mol. The second kappa shape index (κ2) is 10.5. The average Bonchev–Trinajstić information content (AvgIpc) is 3.42. The molecule has 0 aliphatic carbocycles. The van der Waals surface area contributed by atoms with Crippen molar-refractivity contribution in [3.63, 3.8) is 0 Å². The fourth-order valence-electron chi connectivity index (χ4n) is 3.86. The van der Waals surface area contributed by atoms with Crippen molar-refractivity contribution in [2.45, 2.75) is 19.5 Å². The van der Waals surface area contributed by atoms with Gasteiger partial charge < -0.3 is 20.9 Å². The second-order valence-corrected chi connectivity index (χ2v) is 8.91. The lowest BCUT2D eigenvalue weighted by molar-refractivity contribution is 0.487. The fourth-order valence-corrected chi connectivity index (χ4v) is 4.30. The molecule has 34 heavy (non-hydrogen) atoms. The van der Waals surface area contributed by atoms with Gasteiger partial charge in [-0.2, -0.15) is 0 Å². The van der Waals surface area contributed by atoms with E-state index in [1.54, 1.807) is 16.7 Å². The Kier molecular flexibility index (Phi) is 7.50. The van der Waals surface area contributed by atoms with Gasteiger partial charge in [0.05, 0.1) is 16.8 Å². The highest BCUT2D eigenvalue weighted by Crippen LogP contribution is 2.33. The van der Waals surface area contributed by atoms with Crippen LogP contribution in [0.5, 0.6) is 0 Å². The lowest BCUT2D eigenvalue weighted by Crippen LogP contribution is -2.17. The first-order valence-electron chi connectivity index (χ1n) is 10.8. The molecule has 0 amide bonds. The van der Waals surface area contributed by atoms with E-state index in [0.29, 0.717) is 40.4 Å². The Hall–Kier alpha value is -2.94. The van der Waals surface area contributed by atoms with Crippen LogP contribution >= 0.6 is 23.2 Å². The predicted molar refractivity (Wildman–Crippen MR) is 133 cm³/mol. The molecule has 0 spiro atoms. The minimum absolute atomic E-state index is 0.150. The molecule has 4 rings (SSSR count). The third-order valence-corrected chi connectivity index (χ3v) is 6.21. The Bertz CT molecular complexity index is 1210. The quantitative estimate of drug-likeness (QED) is 0.376. The maximum Gasteiger partial charge on any atom is 0.146 e. The summed E-state index contributed by atoms with van der Waals surface area (Å²) in [7, 11) is 0. The smallest absolute Gasteiger partial charge is 0.146 e. The molecule has 4 N–H and O–H groups in total. The van der Waals surface area contributed by atoms with E-state index in [1.807, 2.05) is 0 Å². The number of nitrogen functional groups attached to an aromatic ring is 1. The van der Waals surface area contributed by atoms with Crippen LogP contribution in [0.15, 0.2) is 53.8 Å². The number of anilines is 1. The first-order valence-corrected chi connectivity index (χ1v) is 11.5. The van der Waals surface area contributed by atoms with Crippen molar-refractivity contribution in [1.29, 1.82) is 0 Å². The molecule has 0 bridgehead atoms. The number of nitrogens with one attached hydrogen (secondary N) is 2. The van der Waals surface area contributed by atoms with Gasteiger partial charge in [-0.3, -0.25) is 0 Å². The molecular formula is C24H24Cl2F2N6. The number of hydrogen-bond acceptors (Lipinski definition) is 5. The van der Waals surface area contributed by atoms with E-state index >= 15 is 0 Å². The number of rotatable bonds is 8. The van der Waals surface area contributed by atoms with Crippen LogP contribution in [-0.4, -0.2) is 28.9 Å². The minimum atomic E-state index is -0.485. The molecule has 1 aliphatic rings. The lowest BCUT2D eigenvalue weighted by Gasteiger charge is -2.15. The molecule has 2 heterocycles. The van der Waals surface area contributed by atoms with E-state index in [-0.39, 0.29) is 28.8 Å². The van der Waals surface area contributed by atoms with Crippen molar-refractivity contribution in [3.05, 3.63) is 81.7 Å². The van der Waals surface area contributed by atoms with Crippen molar-refractivity contribution >= 4 is 35.2 Å². The summed E-state index contributed by atoms with van der Waals surface area (Å²) in [5.74, 6) is 0.423. The Morgan fingerprint density at radius 1 is 1.29 bits per heavy atom. The molecule has 1 atom stereocenters. The minimum Gasteiger partial charge on any atom is -0.383 e. The number of hydrogen-bond donors (Lipinski definition) is 3. The molecule has 10 heteroatoms. The Labute approximate surface area is 206 Å². The van der Waals surface area contributed by atoms with Crippen molar-refractivity contribution < 1.29 is 8.78 Å². The van der Waals surface area contributed by atoms with Crippen LogP contribution in [0, 0.1) is 17.6 Å². The van der Waals surface area contributed by atoms with E-state index in [4.69, 9.17) is 28.9 Å². The highest BCUT2D eigenvalue weighted by atomic mass is 35.5. The average molecular weight is 505 g/mol. The zero-order chi connectivity index (χ0) is 24.2. The van der Waals surface area contributed by atoms with Crippen molar-refractivity contribution in [2.24, 2.45) is 10.9 Å². The van der Waals surface area contributed by atoms with Crippen LogP contribution in [0.1, 0.15) is 17.7 Å². The van der Waals surface area contributed by atoms with Crippen LogP contribution < -0.4 is 16.4 Å². The number of imidazole rings is 1. The zero-order valence-corrected chi connectivity index (χ0v) is 19.8. The van der Waals surface area contributed by atoms with Crippen molar-refractivity contribution in [1.82, 2.24) is 20.2 Å². The van der Waals surface area contributed by atoms with Gasteiger partial charge in [0.15, 0.2) is 0 Å². The Morgan fingerprint density at radius 3 is 2.85 bits per heavy atom. The standard InChI is InChI=1S/C24H24Cl2F2N6/c1-14(31-11-16-9-17(25)5-6-19(16)27)32-12-21-23(29)34(13-15-7-8-30-10-15)24(33-21)22-18(26)3-2-4-20(22)28/h2-6,9,12,15,30-31H,1,7-8,10-11,13,29H2/t15-/m0/s1. The Balaban J connectivity index is 1.58. The molecule has 0 saturated carbocycles. The van der Waals surface area contributed by atoms with Gasteiger partial charge in [0.1, 0.15) is 34.8 Å². The number of nitrogens with two attached hydrogens (primary N) is 1. The van der Waals surface area contributed by atoms with Gasteiger partial charge >= 0.3 is 0 Å². The number of halogens is 4. The van der Waals surface area contributed by atoms with Crippen LogP contribution in [-0.2, 0) is 13.1 Å².